The Hall–Kier alpha value is -3.28. The van der Waals surface area contributed by atoms with Gasteiger partial charge in [0.05, 0.1) is 11.1 Å². The van der Waals surface area contributed by atoms with Gasteiger partial charge in [0.1, 0.15) is 29.4 Å². The fourth-order valence-corrected chi connectivity index (χ4v) is 2.66. The second-order valence-electron chi connectivity index (χ2n) is 6.16. The van der Waals surface area contributed by atoms with Gasteiger partial charge >= 0.3 is 6.18 Å². The first-order valence-electron chi connectivity index (χ1n) is 8.09. The minimum atomic E-state index is -4.95. The largest absolute Gasteiger partial charge is 0.458 e. The third kappa shape index (κ3) is 4.59. The molecule has 0 spiro atoms. The molecule has 0 aliphatic carbocycles. The van der Waals surface area contributed by atoms with Crippen molar-refractivity contribution in [1.29, 1.82) is 0 Å². The first-order chi connectivity index (χ1) is 13.5. The van der Waals surface area contributed by atoms with Crippen molar-refractivity contribution in [1.82, 2.24) is 5.32 Å². The van der Waals surface area contributed by atoms with Gasteiger partial charge in [-0.3, -0.25) is 4.99 Å². The van der Waals surface area contributed by atoms with Gasteiger partial charge < -0.3 is 5.32 Å². The maximum absolute atomic E-state index is 14.5. The molecule has 0 amide bonds. The molecule has 0 aromatic heterocycles. The Morgan fingerprint density at radius 2 is 1.52 bits per heavy atom. The highest BCUT2D eigenvalue weighted by Gasteiger charge is 2.24. The Labute approximate surface area is 160 Å². The Bertz CT molecular complexity index is 1040. The number of alkyl halides is 3. The average Bonchev–Trinajstić information content (AvgIpc) is 2.60. The highest BCUT2D eigenvalue weighted by Crippen LogP contribution is 2.32. The van der Waals surface area contributed by atoms with E-state index >= 15 is 0 Å². The van der Waals surface area contributed by atoms with Crippen LogP contribution in [0.4, 0.5) is 30.7 Å². The summed E-state index contributed by atoms with van der Waals surface area (Å²) in [6, 6.07) is 2.95. The zero-order chi connectivity index (χ0) is 21.3. The molecule has 1 atom stereocenters. The molecule has 1 N–H and O–H groups in total. The van der Waals surface area contributed by atoms with Crippen LogP contribution in [0.5, 0.6) is 0 Å². The number of hydrogen-bond acceptors (Lipinski definition) is 2. The third-order valence-electron chi connectivity index (χ3n) is 3.94. The van der Waals surface area contributed by atoms with E-state index in [2.05, 4.69) is 10.3 Å². The first kappa shape index (κ1) is 20.5. The zero-order valence-corrected chi connectivity index (χ0v) is 14.6. The number of nitrogens with one attached hydrogen (secondary N) is 1. The van der Waals surface area contributed by atoms with E-state index < -0.39 is 52.3 Å². The third-order valence-corrected chi connectivity index (χ3v) is 3.94. The number of rotatable bonds is 2. The van der Waals surface area contributed by atoms with Crippen LogP contribution in [-0.2, 0) is 0 Å². The Morgan fingerprint density at radius 1 is 0.931 bits per heavy atom. The van der Waals surface area contributed by atoms with Crippen molar-refractivity contribution in [2.24, 2.45) is 4.99 Å². The first-order valence-corrected chi connectivity index (χ1v) is 8.09. The molecule has 1 heterocycles. The fourth-order valence-electron chi connectivity index (χ4n) is 2.66. The van der Waals surface area contributed by atoms with Crippen molar-refractivity contribution in [3.8, 4) is 23.0 Å². The lowest BCUT2D eigenvalue weighted by Gasteiger charge is -2.18. The Balaban J connectivity index is 2.01. The van der Waals surface area contributed by atoms with Crippen molar-refractivity contribution < 1.29 is 30.7 Å². The van der Waals surface area contributed by atoms with Crippen molar-refractivity contribution in [2.45, 2.75) is 19.3 Å². The van der Waals surface area contributed by atoms with Gasteiger partial charge in [-0.15, -0.1) is 0 Å². The van der Waals surface area contributed by atoms with Gasteiger partial charge in [0.15, 0.2) is 0 Å². The summed E-state index contributed by atoms with van der Waals surface area (Å²) in [5, 5.41) is 2.83. The van der Waals surface area contributed by atoms with E-state index in [0.29, 0.717) is 12.1 Å². The fraction of sp³-hybridized carbons (Fsp3) is 0.150. The summed E-state index contributed by atoms with van der Waals surface area (Å²) in [7, 11) is 0. The number of allylic oxidation sites excluding steroid dienone is 1. The van der Waals surface area contributed by atoms with E-state index in [9.17, 15) is 30.7 Å². The minimum absolute atomic E-state index is 0.136. The lowest BCUT2D eigenvalue weighted by Crippen LogP contribution is -2.18. The molecule has 3 rings (SSSR count). The molecule has 9 heteroatoms. The molecule has 2 aromatic carbocycles. The molecule has 1 unspecified atom stereocenters. The average molecular weight is 412 g/mol. The second kappa shape index (κ2) is 7.62. The Morgan fingerprint density at radius 3 is 2.00 bits per heavy atom. The number of nitrogens with zero attached hydrogens (tertiary/aromatic N) is 1. The highest BCUT2D eigenvalue weighted by atomic mass is 19.4. The number of halogens is 7. The SMILES string of the molecule is CC1=CNC(c2cc(F)c(-c3cc(F)c(C#CC(F)(F)F)c(F)c3)c(F)c2)N=C1. The normalized spacial score (nSPS) is 16.0. The van der Waals surface area contributed by atoms with Crippen LogP contribution in [0.25, 0.3) is 11.1 Å². The van der Waals surface area contributed by atoms with Gasteiger partial charge in [0, 0.05) is 23.9 Å². The van der Waals surface area contributed by atoms with Crippen LogP contribution in [-0.4, -0.2) is 12.4 Å². The monoisotopic (exact) mass is 412 g/mol. The standard InChI is InChI=1S/C20H11F7N2/c1-10-8-28-19(29-9-10)12-6-16(23)18(17(24)7-12)11-4-14(21)13(15(22)5-11)2-3-20(25,26)27/h4-9,19,28H,1H3. The maximum atomic E-state index is 14.5. The molecular formula is C20H11F7N2. The molecule has 1 aliphatic heterocycles. The molecule has 1 aliphatic rings. The lowest BCUT2D eigenvalue weighted by atomic mass is 9.99. The van der Waals surface area contributed by atoms with Crippen molar-refractivity contribution in [3.05, 3.63) is 70.4 Å². The molecule has 0 saturated heterocycles. The van der Waals surface area contributed by atoms with Gasteiger partial charge in [-0.2, -0.15) is 13.2 Å². The van der Waals surface area contributed by atoms with Crippen molar-refractivity contribution in [2.75, 3.05) is 0 Å². The summed E-state index contributed by atoms with van der Waals surface area (Å²) in [6.07, 6.45) is -2.58. The zero-order valence-electron chi connectivity index (χ0n) is 14.6. The van der Waals surface area contributed by atoms with Gasteiger partial charge in [-0.25, -0.2) is 17.6 Å². The van der Waals surface area contributed by atoms with Crippen LogP contribution < -0.4 is 5.32 Å². The summed E-state index contributed by atoms with van der Waals surface area (Å²) >= 11 is 0. The van der Waals surface area contributed by atoms with Crippen LogP contribution >= 0.6 is 0 Å². The highest BCUT2D eigenvalue weighted by molar-refractivity contribution is 5.78. The second-order valence-corrected chi connectivity index (χ2v) is 6.16. The molecule has 0 saturated carbocycles. The van der Waals surface area contributed by atoms with Gasteiger partial charge in [-0.05, 0) is 42.3 Å². The van der Waals surface area contributed by atoms with E-state index in [0.717, 1.165) is 23.6 Å². The van der Waals surface area contributed by atoms with E-state index in [1.807, 2.05) is 0 Å². The van der Waals surface area contributed by atoms with Gasteiger partial charge in [0.2, 0.25) is 0 Å². The van der Waals surface area contributed by atoms with Gasteiger partial charge in [-0.1, -0.05) is 5.92 Å². The number of aliphatic imine (C=N–C) groups is 1. The van der Waals surface area contributed by atoms with E-state index in [-0.39, 0.29) is 5.56 Å². The van der Waals surface area contributed by atoms with E-state index in [1.54, 1.807) is 13.1 Å². The van der Waals surface area contributed by atoms with Crippen LogP contribution in [0.3, 0.4) is 0 Å². The van der Waals surface area contributed by atoms with Gasteiger partial charge in [0.25, 0.3) is 0 Å². The van der Waals surface area contributed by atoms with Crippen LogP contribution in [0.2, 0.25) is 0 Å². The van der Waals surface area contributed by atoms with Crippen LogP contribution in [0.1, 0.15) is 24.2 Å². The van der Waals surface area contributed by atoms with Crippen LogP contribution in [0.15, 0.2) is 41.0 Å². The summed E-state index contributed by atoms with van der Waals surface area (Å²) in [4.78, 5) is 4.08. The lowest BCUT2D eigenvalue weighted by molar-refractivity contribution is -0.0696. The summed E-state index contributed by atoms with van der Waals surface area (Å²) in [5.41, 5.74) is -1.45. The van der Waals surface area contributed by atoms with Crippen LogP contribution in [0, 0.1) is 35.1 Å². The predicted octanol–water partition coefficient (Wildman–Crippen LogP) is 5.40. The molecule has 29 heavy (non-hydrogen) atoms. The molecule has 150 valence electrons. The minimum Gasteiger partial charge on any atom is -0.366 e. The van der Waals surface area contributed by atoms with E-state index in [1.165, 1.54) is 12.1 Å². The number of benzene rings is 2. The number of hydrogen-bond donors (Lipinski definition) is 1. The summed E-state index contributed by atoms with van der Waals surface area (Å²) in [6.45, 7) is 1.77. The molecular weight excluding hydrogens is 401 g/mol. The molecule has 2 aromatic rings. The smallest absolute Gasteiger partial charge is 0.366 e. The maximum Gasteiger partial charge on any atom is 0.458 e. The molecule has 0 radical (unpaired) electrons. The Kier molecular flexibility index (Phi) is 5.38. The quantitative estimate of drug-likeness (QED) is 0.519. The summed E-state index contributed by atoms with van der Waals surface area (Å²) in [5.74, 6) is -3.09. The summed E-state index contributed by atoms with van der Waals surface area (Å²) < 4.78 is 93.6. The molecule has 0 fully saturated rings. The molecule has 2 nitrogen and oxygen atoms in total. The molecule has 0 bridgehead atoms. The van der Waals surface area contributed by atoms with Crippen molar-refractivity contribution >= 4 is 6.21 Å². The topological polar surface area (TPSA) is 24.4 Å². The predicted molar refractivity (Wildman–Crippen MR) is 92.8 cm³/mol. The van der Waals surface area contributed by atoms with E-state index in [4.69, 9.17) is 0 Å². The van der Waals surface area contributed by atoms with Crippen molar-refractivity contribution in [3.63, 3.8) is 0 Å².